The van der Waals surface area contributed by atoms with Crippen LogP contribution in [0.4, 0.5) is 5.69 Å². The fourth-order valence-corrected chi connectivity index (χ4v) is 6.12. The van der Waals surface area contributed by atoms with Gasteiger partial charge in [-0.3, -0.25) is 14.0 Å². The zero-order chi connectivity index (χ0) is 27.7. The van der Waals surface area contributed by atoms with E-state index in [9.17, 15) is 13.2 Å². The maximum Gasteiger partial charge on any atom is 0.264 e. The Morgan fingerprint density at radius 2 is 1.67 bits per heavy atom. The second kappa shape index (κ2) is 13.8. The van der Waals surface area contributed by atoms with Crippen molar-refractivity contribution < 1.29 is 22.7 Å². The number of carbonyl (C=O) groups is 1. The minimum Gasteiger partial charge on any atom is -0.492 e. The number of benzene rings is 3. The third-order valence-corrected chi connectivity index (χ3v) is 8.91. The zero-order valence-electron chi connectivity index (χ0n) is 22.3. The van der Waals surface area contributed by atoms with Crippen LogP contribution in [0.25, 0.3) is 0 Å². The van der Waals surface area contributed by atoms with Gasteiger partial charge in [-0.15, -0.1) is 11.8 Å². The molecule has 0 radical (unpaired) electrons. The van der Waals surface area contributed by atoms with Crippen LogP contribution in [0.3, 0.4) is 0 Å². The molecule has 1 aliphatic heterocycles. The van der Waals surface area contributed by atoms with E-state index in [2.05, 4.69) is 22.3 Å². The molecule has 1 aliphatic rings. The molecular weight excluding hydrogens is 534 g/mol. The Labute approximate surface area is 235 Å². The second-order valence-corrected chi connectivity index (χ2v) is 11.8. The van der Waals surface area contributed by atoms with Crippen molar-refractivity contribution in [2.75, 3.05) is 50.0 Å². The molecule has 3 aromatic carbocycles. The number of nitrogens with zero attached hydrogens (tertiary/aromatic N) is 2. The van der Waals surface area contributed by atoms with E-state index in [1.54, 1.807) is 48.5 Å². The Morgan fingerprint density at radius 1 is 1.00 bits per heavy atom. The molecule has 4 rings (SSSR count). The van der Waals surface area contributed by atoms with Crippen LogP contribution in [0.1, 0.15) is 18.1 Å². The van der Waals surface area contributed by atoms with Crippen LogP contribution in [0.5, 0.6) is 5.75 Å². The van der Waals surface area contributed by atoms with Gasteiger partial charge in [-0.1, -0.05) is 36.4 Å². The summed E-state index contributed by atoms with van der Waals surface area (Å²) >= 11 is 1.53. The van der Waals surface area contributed by atoms with Crippen molar-refractivity contribution in [1.29, 1.82) is 0 Å². The van der Waals surface area contributed by atoms with Crippen LogP contribution in [0.2, 0.25) is 0 Å². The van der Waals surface area contributed by atoms with E-state index in [4.69, 9.17) is 9.47 Å². The minimum absolute atomic E-state index is 0.107. The van der Waals surface area contributed by atoms with E-state index in [-0.39, 0.29) is 11.4 Å². The number of hydrogen-bond acceptors (Lipinski definition) is 7. The summed E-state index contributed by atoms with van der Waals surface area (Å²) in [5, 5.41) is 2.88. The average molecular weight is 570 g/mol. The van der Waals surface area contributed by atoms with E-state index < -0.39 is 15.9 Å². The topological polar surface area (TPSA) is 88.2 Å². The first kappa shape index (κ1) is 28.9. The fourth-order valence-electron chi connectivity index (χ4n) is 4.28. The molecule has 1 N–H and O–H groups in total. The van der Waals surface area contributed by atoms with E-state index in [0.717, 1.165) is 47.6 Å². The standard InChI is InChI=1S/C29H35N3O5S2/c1-3-37-28-7-5-4-6-27(28)32(39(34,35)26-14-12-25(38-2)13-15-26)22-29(33)30-20-23-8-10-24(11-9-23)21-31-16-18-36-19-17-31/h4-15H,3,16-22H2,1-2H3,(H,30,33). The largest absolute Gasteiger partial charge is 0.492 e. The van der Waals surface area contributed by atoms with Gasteiger partial charge in [0.05, 0.1) is 30.4 Å². The van der Waals surface area contributed by atoms with E-state index in [1.807, 2.05) is 25.3 Å². The Morgan fingerprint density at radius 3 is 2.33 bits per heavy atom. The van der Waals surface area contributed by atoms with Crippen molar-refractivity contribution in [2.24, 2.45) is 0 Å². The normalized spacial score (nSPS) is 14.1. The smallest absolute Gasteiger partial charge is 0.264 e. The first-order valence-corrected chi connectivity index (χ1v) is 15.6. The van der Waals surface area contributed by atoms with Gasteiger partial charge in [-0.25, -0.2) is 8.42 Å². The molecule has 1 saturated heterocycles. The van der Waals surface area contributed by atoms with E-state index in [0.29, 0.717) is 24.6 Å². The van der Waals surface area contributed by atoms with Crippen molar-refractivity contribution in [3.8, 4) is 5.75 Å². The first-order chi connectivity index (χ1) is 18.9. The third-order valence-electron chi connectivity index (χ3n) is 6.39. The van der Waals surface area contributed by atoms with Crippen LogP contribution in [-0.4, -0.2) is 64.9 Å². The number of morpholine rings is 1. The predicted molar refractivity (Wildman–Crippen MR) is 155 cm³/mol. The van der Waals surface area contributed by atoms with Gasteiger partial charge in [0, 0.05) is 31.1 Å². The molecule has 0 atom stereocenters. The number of amides is 1. The molecule has 0 bridgehead atoms. The van der Waals surface area contributed by atoms with Crippen molar-refractivity contribution in [2.45, 2.75) is 29.8 Å². The van der Waals surface area contributed by atoms with Crippen LogP contribution < -0.4 is 14.4 Å². The molecule has 0 spiro atoms. The second-order valence-electron chi connectivity index (χ2n) is 9.07. The van der Waals surface area contributed by atoms with Crippen LogP contribution in [-0.2, 0) is 32.6 Å². The van der Waals surface area contributed by atoms with Gasteiger partial charge in [-0.05, 0) is 60.7 Å². The Kier molecular flexibility index (Phi) is 10.3. The van der Waals surface area contributed by atoms with Gasteiger partial charge in [0.25, 0.3) is 10.0 Å². The van der Waals surface area contributed by atoms with Gasteiger partial charge in [-0.2, -0.15) is 0 Å². The summed E-state index contributed by atoms with van der Waals surface area (Å²) < 4.78 is 39.8. The summed E-state index contributed by atoms with van der Waals surface area (Å²) in [6, 6.07) is 21.6. The Balaban J connectivity index is 1.48. The summed E-state index contributed by atoms with van der Waals surface area (Å²) in [5.74, 6) is -0.0176. The summed E-state index contributed by atoms with van der Waals surface area (Å²) in [6.45, 7) is 6.32. The molecule has 0 saturated carbocycles. The van der Waals surface area contributed by atoms with Gasteiger partial charge in [0.15, 0.2) is 0 Å². The highest BCUT2D eigenvalue weighted by atomic mass is 32.2. The van der Waals surface area contributed by atoms with Gasteiger partial charge in [0.2, 0.25) is 5.91 Å². The van der Waals surface area contributed by atoms with Crippen LogP contribution >= 0.6 is 11.8 Å². The number of nitrogens with one attached hydrogen (secondary N) is 1. The molecule has 208 valence electrons. The molecule has 0 unspecified atom stereocenters. The Hall–Kier alpha value is -3.05. The minimum atomic E-state index is -4.05. The molecule has 1 fully saturated rings. The van der Waals surface area contributed by atoms with Crippen molar-refractivity contribution in [3.63, 3.8) is 0 Å². The van der Waals surface area contributed by atoms with E-state index >= 15 is 0 Å². The van der Waals surface area contributed by atoms with Gasteiger partial charge < -0.3 is 14.8 Å². The molecule has 39 heavy (non-hydrogen) atoms. The van der Waals surface area contributed by atoms with Crippen molar-refractivity contribution in [1.82, 2.24) is 10.2 Å². The van der Waals surface area contributed by atoms with Crippen LogP contribution in [0.15, 0.2) is 82.6 Å². The maximum atomic E-state index is 13.8. The average Bonchev–Trinajstić information content (AvgIpc) is 2.96. The maximum absolute atomic E-state index is 13.8. The number of para-hydroxylation sites is 2. The monoisotopic (exact) mass is 569 g/mol. The molecule has 1 heterocycles. The zero-order valence-corrected chi connectivity index (χ0v) is 24.0. The summed E-state index contributed by atoms with van der Waals surface area (Å²) in [6.07, 6.45) is 1.93. The lowest BCUT2D eigenvalue weighted by Crippen LogP contribution is -2.40. The molecule has 10 heteroatoms. The lowest BCUT2D eigenvalue weighted by molar-refractivity contribution is -0.119. The number of hydrogen-bond donors (Lipinski definition) is 1. The van der Waals surface area contributed by atoms with E-state index in [1.165, 1.54) is 17.3 Å². The lowest BCUT2D eigenvalue weighted by atomic mass is 10.1. The molecule has 0 aromatic heterocycles. The number of anilines is 1. The number of thioether (sulfide) groups is 1. The predicted octanol–water partition coefficient (Wildman–Crippen LogP) is 4.15. The molecule has 3 aromatic rings. The number of carbonyl (C=O) groups excluding carboxylic acids is 1. The quantitative estimate of drug-likeness (QED) is 0.328. The summed E-state index contributed by atoms with van der Waals surface area (Å²) in [4.78, 5) is 16.5. The third kappa shape index (κ3) is 7.76. The first-order valence-electron chi connectivity index (χ1n) is 12.9. The van der Waals surface area contributed by atoms with Crippen LogP contribution in [0, 0.1) is 0 Å². The molecule has 0 aliphatic carbocycles. The fraction of sp³-hybridized carbons (Fsp3) is 0.345. The number of ether oxygens (including phenoxy) is 2. The van der Waals surface area contributed by atoms with Crippen molar-refractivity contribution in [3.05, 3.63) is 83.9 Å². The number of rotatable bonds is 12. The van der Waals surface area contributed by atoms with Gasteiger partial charge in [0.1, 0.15) is 12.3 Å². The highest BCUT2D eigenvalue weighted by Gasteiger charge is 2.29. The number of sulfonamides is 1. The lowest BCUT2D eigenvalue weighted by Gasteiger charge is -2.26. The highest BCUT2D eigenvalue weighted by Crippen LogP contribution is 2.33. The molecular formula is C29H35N3O5S2. The molecule has 8 nitrogen and oxygen atoms in total. The Bertz CT molecular complexity index is 1330. The summed E-state index contributed by atoms with van der Waals surface area (Å²) in [5.41, 5.74) is 2.45. The summed E-state index contributed by atoms with van der Waals surface area (Å²) in [7, 11) is -4.05. The van der Waals surface area contributed by atoms with Gasteiger partial charge >= 0.3 is 0 Å². The SMILES string of the molecule is CCOc1ccccc1N(CC(=O)NCc1ccc(CN2CCOCC2)cc1)S(=O)(=O)c1ccc(SC)cc1. The van der Waals surface area contributed by atoms with Crippen molar-refractivity contribution >= 4 is 33.4 Å². The highest BCUT2D eigenvalue weighted by molar-refractivity contribution is 7.98. The molecule has 1 amide bonds.